The van der Waals surface area contributed by atoms with Gasteiger partial charge in [-0.05, 0) is 19.1 Å². The van der Waals surface area contributed by atoms with E-state index in [-0.39, 0.29) is 11.4 Å². The molecule has 124 valence electrons. The average molecular weight is 380 g/mol. The van der Waals surface area contributed by atoms with Crippen LogP contribution >= 0.6 is 35.3 Å². The molecule has 8 heteroatoms. The maximum Gasteiger partial charge on any atom is 0.259 e. The largest absolute Gasteiger partial charge is 0.367 e. The highest BCUT2D eigenvalue weighted by Gasteiger charge is 2.08. The van der Waals surface area contributed by atoms with E-state index in [2.05, 4.69) is 15.3 Å². The number of fused-ring (bicyclic) bond motifs is 1. The maximum atomic E-state index is 13.5. The Balaban J connectivity index is 1.60. The second-order valence-corrected chi connectivity index (χ2v) is 8.00. The predicted octanol–water partition coefficient (Wildman–Crippen LogP) is 3.74. The number of hydrogen-bond donors (Lipinski definition) is 2. The van der Waals surface area contributed by atoms with E-state index in [1.165, 1.54) is 29.2 Å². The van der Waals surface area contributed by atoms with Crippen LogP contribution in [-0.2, 0) is 12.3 Å². The third-order valence-electron chi connectivity index (χ3n) is 3.30. The molecular formula is C16H14FN3OS3. The molecule has 0 unspecified atom stereocenters. The quantitative estimate of drug-likeness (QED) is 0.677. The van der Waals surface area contributed by atoms with E-state index < -0.39 is 0 Å². The fourth-order valence-electron chi connectivity index (χ4n) is 2.16. The zero-order chi connectivity index (χ0) is 17.1. The minimum absolute atomic E-state index is 0.134. The predicted molar refractivity (Wildman–Crippen MR) is 102 cm³/mol. The molecule has 2 aromatic heterocycles. The highest BCUT2D eigenvalue weighted by Crippen LogP contribution is 2.21. The van der Waals surface area contributed by atoms with Crippen LogP contribution in [0.2, 0.25) is 0 Å². The molecule has 24 heavy (non-hydrogen) atoms. The summed E-state index contributed by atoms with van der Waals surface area (Å²) >= 11 is 8.08. The molecule has 0 atom stereocenters. The summed E-state index contributed by atoms with van der Waals surface area (Å²) in [6.07, 6.45) is 0. The highest BCUT2D eigenvalue weighted by molar-refractivity contribution is 8.22. The summed E-state index contributed by atoms with van der Waals surface area (Å²) in [5, 5.41) is 3.62. The van der Waals surface area contributed by atoms with Gasteiger partial charge >= 0.3 is 0 Å². The number of hydrogen-bond acceptors (Lipinski definition) is 5. The summed E-state index contributed by atoms with van der Waals surface area (Å²) in [5.74, 6) is 0.766. The number of aryl methyl sites for hydroxylation is 1. The molecular weight excluding hydrogens is 365 g/mol. The number of aromatic nitrogens is 2. The van der Waals surface area contributed by atoms with E-state index in [4.69, 9.17) is 12.2 Å². The first-order valence-electron chi connectivity index (χ1n) is 7.16. The molecule has 0 spiro atoms. The molecule has 4 nitrogen and oxygen atoms in total. The number of nitrogens with one attached hydrogen (secondary N) is 2. The van der Waals surface area contributed by atoms with Crippen LogP contribution in [0, 0.1) is 12.7 Å². The van der Waals surface area contributed by atoms with Gasteiger partial charge in [0.2, 0.25) is 0 Å². The van der Waals surface area contributed by atoms with E-state index in [9.17, 15) is 9.18 Å². The van der Waals surface area contributed by atoms with Crippen molar-refractivity contribution < 1.29 is 4.39 Å². The van der Waals surface area contributed by atoms with E-state index >= 15 is 0 Å². The van der Waals surface area contributed by atoms with E-state index in [0.717, 1.165) is 9.71 Å². The molecule has 0 saturated heterocycles. The molecule has 2 heterocycles. The monoisotopic (exact) mass is 379 g/mol. The molecule has 0 aliphatic carbocycles. The van der Waals surface area contributed by atoms with Gasteiger partial charge in [-0.3, -0.25) is 4.79 Å². The van der Waals surface area contributed by atoms with Crippen LogP contribution in [0.3, 0.4) is 0 Å². The molecule has 2 N–H and O–H groups in total. The number of benzene rings is 1. The molecule has 3 rings (SSSR count). The lowest BCUT2D eigenvalue weighted by atomic mass is 10.2. The van der Waals surface area contributed by atoms with Gasteiger partial charge in [-0.1, -0.05) is 42.2 Å². The maximum absolute atomic E-state index is 13.5. The van der Waals surface area contributed by atoms with Crippen LogP contribution in [0.25, 0.3) is 10.2 Å². The SMILES string of the molecule is Cc1cc2c(=O)[nH]c(CSC(=S)NCc3ccccc3F)nc2s1. The Kier molecular flexibility index (Phi) is 5.27. The number of aromatic amines is 1. The number of thioether (sulfide) groups is 1. The first-order valence-corrected chi connectivity index (χ1v) is 9.37. The summed E-state index contributed by atoms with van der Waals surface area (Å²) in [6, 6.07) is 8.39. The molecule has 0 fully saturated rings. The molecule has 0 radical (unpaired) electrons. The van der Waals surface area contributed by atoms with Crippen LogP contribution in [0.15, 0.2) is 35.1 Å². The van der Waals surface area contributed by atoms with Gasteiger partial charge < -0.3 is 10.3 Å². The number of nitrogens with zero attached hydrogens (tertiary/aromatic N) is 1. The summed E-state index contributed by atoms with van der Waals surface area (Å²) in [7, 11) is 0. The minimum atomic E-state index is -0.262. The molecule has 0 saturated carbocycles. The summed E-state index contributed by atoms with van der Waals surface area (Å²) in [6.45, 7) is 2.27. The van der Waals surface area contributed by atoms with Gasteiger partial charge in [0.25, 0.3) is 5.56 Å². The van der Waals surface area contributed by atoms with E-state index in [1.54, 1.807) is 18.2 Å². The van der Waals surface area contributed by atoms with Gasteiger partial charge in [-0.15, -0.1) is 11.3 Å². The van der Waals surface area contributed by atoms with Crippen molar-refractivity contribution in [1.29, 1.82) is 0 Å². The Morgan fingerprint density at radius 2 is 2.25 bits per heavy atom. The van der Waals surface area contributed by atoms with Crippen LogP contribution in [0.4, 0.5) is 4.39 Å². The average Bonchev–Trinajstić information content (AvgIpc) is 2.93. The third kappa shape index (κ3) is 4.00. The standard InChI is InChI=1S/C16H14FN3OS3/c1-9-6-11-14(21)19-13(20-15(11)24-9)8-23-16(22)18-7-10-4-2-3-5-12(10)17/h2-6H,7-8H2,1H3,(H,18,22)(H,19,20,21). The van der Waals surface area contributed by atoms with Crippen molar-refractivity contribution in [3.63, 3.8) is 0 Å². The van der Waals surface area contributed by atoms with Gasteiger partial charge in [0.05, 0.1) is 11.1 Å². The normalized spacial score (nSPS) is 10.9. The van der Waals surface area contributed by atoms with Gasteiger partial charge in [-0.2, -0.15) is 0 Å². The Morgan fingerprint density at radius 3 is 3.04 bits per heavy atom. The van der Waals surface area contributed by atoms with Crippen molar-refractivity contribution in [2.75, 3.05) is 0 Å². The smallest absolute Gasteiger partial charge is 0.259 e. The number of H-pyrrole nitrogens is 1. The first-order chi connectivity index (χ1) is 11.5. The van der Waals surface area contributed by atoms with Gasteiger partial charge in [-0.25, -0.2) is 9.37 Å². The van der Waals surface area contributed by atoms with Gasteiger partial charge in [0.1, 0.15) is 20.8 Å². The topological polar surface area (TPSA) is 57.8 Å². The van der Waals surface area contributed by atoms with Crippen molar-refractivity contribution in [2.45, 2.75) is 19.2 Å². The molecule has 0 aliphatic heterocycles. The van der Waals surface area contributed by atoms with Gasteiger partial charge in [0.15, 0.2) is 0 Å². The van der Waals surface area contributed by atoms with Crippen molar-refractivity contribution in [3.8, 4) is 0 Å². The molecule has 3 aromatic rings. The first kappa shape index (κ1) is 17.1. The second kappa shape index (κ2) is 7.42. The second-order valence-electron chi connectivity index (χ2n) is 5.11. The van der Waals surface area contributed by atoms with Crippen LogP contribution in [-0.4, -0.2) is 14.3 Å². The Bertz CT molecular complexity index is 951. The number of thiocarbonyl (C=S) groups is 1. The summed E-state index contributed by atoms with van der Waals surface area (Å²) in [4.78, 5) is 21.0. The van der Waals surface area contributed by atoms with Crippen molar-refractivity contribution in [3.05, 3.63) is 62.8 Å². The minimum Gasteiger partial charge on any atom is -0.367 e. The van der Waals surface area contributed by atoms with E-state index in [1.807, 2.05) is 13.0 Å². The van der Waals surface area contributed by atoms with Crippen LogP contribution in [0.5, 0.6) is 0 Å². The molecule has 0 aliphatic rings. The van der Waals surface area contributed by atoms with E-state index in [0.29, 0.717) is 33.4 Å². The molecule has 0 bridgehead atoms. The molecule has 0 amide bonds. The van der Waals surface area contributed by atoms with Gasteiger partial charge in [0, 0.05) is 17.0 Å². The molecule has 1 aromatic carbocycles. The Labute approximate surface area is 151 Å². The lowest BCUT2D eigenvalue weighted by molar-refractivity contribution is 0.607. The van der Waals surface area contributed by atoms with Crippen molar-refractivity contribution >= 4 is 49.9 Å². The fraction of sp³-hybridized carbons (Fsp3) is 0.188. The zero-order valence-electron chi connectivity index (χ0n) is 12.8. The Hall–Kier alpha value is -1.77. The number of thiophene rings is 1. The van der Waals surface area contributed by atoms with Crippen LogP contribution in [0.1, 0.15) is 16.3 Å². The lowest BCUT2D eigenvalue weighted by Gasteiger charge is -2.08. The lowest BCUT2D eigenvalue weighted by Crippen LogP contribution is -2.19. The number of rotatable bonds is 4. The third-order valence-corrected chi connectivity index (χ3v) is 5.56. The Morgan fingerprint density at radius 1 is 1.46 bits per heavy atom. The van der Waals surface area contributed by atoms with Crippen molar-refractivity contribution in [2.24, 2.45) is 0 Å². The highest BCUT2D eigenvalue weighted by atomic mass is 32.2. The summed E-state index contributed by atoms with van der Waals surface area (Å²) < 4.78 is 14.1. The zero-order valence-corrected chi connectivity index (χ0v) is 15.2. The fourth-order valence-corrected chi connectivity index (χ4v) is 3.89. The summed E-state index contributed by atoms with van der Waals surface area (Å²) in [5.41, 5.74) is 0.424. The van der Waals surface area contributed by atoms with Crippen LogP contribution < -0.4 is 10.9 Å². The van der Waals surface area contributed by atoms with Crippen molar-refractivity contribution in [1.82, 2.24) is 15.3 Å². The number of halogens is 1.